The van der Waals surface area contributed by atoms with E-state index in [0.717, 1.165) is 5.75 Å². The fourth-order valence-electron chi connectivity index (χ4n) is 1.07. The Morgan fingerprint density at radius 3 is 2.00 bits per heavy atom. The summed E-state index contributed by atoms with van der Waals surface area (Å²) < 4.78 is 14.9. The molecule has 1 aromatic carbocycles. The first-order chi connectivity index (χ1) is 8.17. The van der Waals surface area contributed by atoms with Crippen LogP contribution in [0.5, 0.6) is 11.5 Å². The first kappa shape index (κ1) is 16.8. The Kier molecular flexibility index (Phi) is 9.60. The normalized spacial score (nSPS) is 10.6. The van der Waals surface area contributed by atoms with Crippen molar-refractivity contribution >= 4 is 43.2 Å². The van der Waals surface area contributed by atoms with E-state index >= 15 is 0 Å². The molecule has 0 aliphatic heterocycles. The summed E-state index contributed by atoms with van der Waals surface area (Å²) in [5, 5.41) is 0. The number of carbonyl (C=O) groups is 1. The van der Waals surface area contributed by atoms with Crippen LogP contribution < -0.4 is 9.47 Å². The third-order valence-electron chi connectivity index (χ3n) is 1.91. The zero-order valence-corrected chi connectivity index (χ0v) is 14.1. The number of hydrogen-bond donors (Lipinski definition) is 0. The monoisotopic (exact) mass is 464 g/mol. The highest BCUT2D eigenvalue weighted by atomic mass is 128. The van der Waals surface area contributed by atoms with Gasteiger partial charge in [-0.1, -0.05) is 0 Å². The molecule has 0 N–H and O–H groups in total. The van der Waals surface area contributed by atoms with E-state index in [9.17, 15) is 4.79 Å². The lowest BCUT2D eigenvalue weighted by atomic mass is 10.3. The van der Waals surface area contributed by atoms with Crippen molar-refractivity contribution in [2.45, 2.75) is 13.0 Å². The Labute approximate surface area is 124 Å². The van der Waals surface area contributed by atoms with E-state index in [1.54, 1.807) is 38.3 Å². The zero-order valence-electron chi connectivity index (χ0n) is 9.78. The van der Waals surface area contributed by atoms with Crippen molar-refractivity contribution < 1.29 is 19.0 Å². The number of rotatable bonds is 4. The standard InChI is InChI=1S/C11H14O4.I2/c1-8(11(12)14-3)15-10-6-4-9(13-2)5-7-10;1-2/h4-8H,1-3H3;. The molecule has 1 atom stereocenters. The molecule has 1 rings (SSSR count). The number of halogens is 2. The number of methoxy groups -OCH3 is 2. The summed E-state index contributed by atoms with van der Waals surface area (Å²) in [5.41, 5.74) is 0. The van der Waals surface area contributed by atoms with Crippen LogP contribution in [0.4, 0.5) is 0 Å². The van der Waals surface area contributed by atoms with Gasteiger partial charge in [-0.3, -0.25) is 0 Å². The van der Waals surface area contributed by atoms with Gasteiger partial charge in [-0.25, -0.2) is 4.79 Å². The SMILES string of the molecule is COC(=O)C(C)Oc1ccc(OC)cc1.II. The van der Waals surface area contributed by atoms with Crippen molar-refractivity contribution in [3.05, 3.63) is 24.3 Å². The number of hydrogen-bond acceptors (Lipinski definition) is 4. The third-order valence-corrected chi connectivity index (χ3v) is 1.91. The summed E-state index contributed by atoms with van der Waals surface area (Å²) in [5.74, 6) is 0.951. The van der Waals surface area contributed by atoms with Crippen LogP contribution in [0.25, 0.3) is 0 Å². The molecule has 4 nitrogen and oxygen atoms in total. The number of benzene rings is 1. The van der Waals surface area contributed by atoms with Crippen molar-refractivity contribution in [1.29, 1.82) is 0 Å². The van der Waals surface area contributed by atoms with Crippen LogP contribution >= 0.6 is 37.2 Å². The van der Waals surface area contributed by atoms with Crippen LogP contribution in [-0.2, 0) is 9.53 Å². The molecule has 17 heavy (non-hydrogen) atoms. The van der Waals surface area contributed by atoms with Crippen LogP contribution in [0.3, 0.4) is 0 Å². The molecule has 0 aliphatic rings. The molecule has 0 aliphatic carbocycles. The molecule has 0 amide bonds. The van der Waals surface area contributed by atoms with Gasteiger partial charge in [0.1, 0.15) is 11.5 Å². The average molecular weight is 464 g/mol. The highest BCUT2D eigenvalue weighted by Crippen LogP contribution is 2.18. The Morgan fingerprint density at radius 2 is 1.59 bits per heavy atom. The van der Waals surface area contributed by atoms with Crippen molar-refractivity contribution in [2.24, 2.45) is 0 Å². The van der Waals surface area contributed by atoms with Crippen molar-refractivity contribution in [3.8, 4) is 11.5 Å². The summed E-state index contributed by atoms with van der Waals surface area (Å²) in [7, 11) is 2.92. The highest BCUT2D eigenvalue weighted by Gasteiger charge is 2.14. The minimum Gasteiger partial charge on any atom is -0.497 e. The van der Waals surface area contributed by atoms with Gasteiger partial charge in [0.25, 0.3) is 0 Å². The third kappa shape index (κ3) is 6.29. The molecule has 0 bridgehead atoms. The van der Waals surface area contributed by atoms with Crippen molar-refractivity contribution in [2.75, 3.05) is 14.2 Å². The lowest BCUT2D eigenvalue weighted by molar-refractivity contribution is -0.147. The van der Waals surface area contributed by atoms with Gasteiger partial charge in [-0.05, 0) is 31.2 Å². The molecule has 0 radical (unpaired) electrons. The zero-order chi connectivity index (χ0) is 13.3. The first-order valence-corrected chi connectivity index (χ1v) is 11.0. The molecular weight excluding hydrogens is 450 g/mol. The first-order valence-electron chi connectivity index (χ1n) is 4.70. The molecule has 6 heteroatoms. The smallest absolute Gasteiger partial charge is 0.346 e. The molecule has 0 saturated heterocycles. The second kappa shape index (κ2) is 9.75. The predicted molar refractivity (Wildman–Crippen MR) is 83.1 cm³/mol. The molecule has 1 unspecified atom stereocenters. The Bertz CT molecular complexity index is 327. The molecule has 0 fully saturated rings. The molecule has 0 aromatic heterocycles. The molecule has 1 aromatic rings. The van der Waals surface area contributed by atoms with Gasteiger partial charge < -0.3 is 14.2 Å². The van der Waals surface area contributed by atoms with E-state index in [1.807, 2.05) is 0 Å². The van der Waals surface area contributed by atoms with E-state index in [4.69, 9.17) is 9.47 Å². The van der Waals surface area contributed by atoms with Crippen molar-refractivity contribution in [3.63, 3.8) is 0 Å². The molecule has 0 spiro atoms. The van der Waals surface area contributed by atoms with Gasteiger partial charge in [0.2, 0.25) is 0 Å². The van der Waals surface area contributed by atoms with E-state index in [1.165, 1.54) is 7.11 Å². The van der Waals surface area contributed by atoms with Gasteiger partial charge in [0.15, 0.2) is 6.10 Å². The van der Waals surface area contributed by atoms with Crippen LogP contribution in [0.15, 0.2) is 24.3 Å². The Morgan fingerprint density at radius 1 is 1.12 bits per heavy atom. The Hall–Kier alpha value is -0.250. The highest BCUT2D eigenvalue weighted by molar-refractivity contribution is 15.0. The van der Waals surface area contributed by atoms with E-state index in [-0.39, 0.29) is 0 Å². The van der Waals surface area contributed by atoms with Crippen LogP contribution in [0, 0.1) is 0 Å². The van der Waals surface area contributed by atoms with Crippen LogP contribution in [-0.4, -0.2) is 26.3 Å². The summed E-state index contributed by atoms with van der Waals surface area (Å²) in [6, 6.07) is 7.00. The topological polar surface area (TPSA) is 44.8 Å². The van der Waals surface area contributed by atoms with Gasteiger partial charge in [-0.2, -0.15) is 0 Å². The van der Waals surface area contributed by atoms with Crippen molar-refractivity contribution in [1.82, 2.24) is 0 Å². The maximum Gasteiger partial charge on any atom is 0.346 e. The number of carbonyl (C=O) groups excluding carboxylic acids is 1. The van der Waals surface area contributed by atoms with Gasteiger partial charge >= 0.3 is 5.97 Å². The fraction of sp³-hybridized carbons (Fsp3) is 0.364. The predicted octanol–water partition coefficient (Wildman–Crippen LogP) is 3.41. The molecular formula is C11H14I2O4. The largest absolute Gasteiger partial charge is 0.497 e. The minimum absolute atomic E-state index is 0.397. The summed E-state index contributed by atoms with van der Waals surface area (Å²) >= 11 is 4.24. The van der Waals surface area contributed by atoms with E-state index in [2.05, 4.69) is 42.0 Å². The maximum absolute atomic E-state index is 11.1. The maximum atomic E-state index is 11.1. The summed E-state index contributed by atoms with van der Waals surface area (Å²) in [6.45, 7) is 1.63. The molecule has 0 heterocycles. The number of esters is 1. The second-order valence-electron chi connectivity index (χ2n) is 2.96. The quantitative estimate of drug-likeness (QED) is 0.507. The average Bonchev–Trinajstić information content (AvgIpc) is 2.40. The minimum atomic E-state index is -0.608. The lowest BCUT2D eigenvalue weighted by Gasteiger charge is -2.12. The lowest BCUT2D eigenvalue weighted by Crippen LogP contribution is -2.24. The van der Waals surface area contributed by atoms with Gasteiger partial charge in [0, 0.05) is 37.2 Å². The van der Waals surface area contributed by atoms with Gasteiger partial charge in [-0.15, -0.1) is 0 Å². The summed E-state index contributed by atoms with van der Waals surface area (Å²) in [4.78, 5) is 11.1. The van der Waals surface area contributed by atoms with E-state index < -0.39 is 12.1 Å². The van der Waals surface area contributed by atoms with Crippen LogP contribution in [0.1, 0.15) is 6.92 Å². The fourth-order valence-corrected chi connectivity index (χ4v) is 1.07. The number of ether oxygens (including phenoxy) is 3. The second-order valence-corrected chi connectivity index (χ2v) is 2.96. The summed E-state index contributed by atoms with van der Waals surface area (Å²) in [6.07, 6.45) is -0.608. The Balaban J connectivity index is 0.00000121. The van der Waals surface area contributed by atoms with Gasteiger partial charge in [0.05, 0.1) is 14.2 Å². The van der Waals surface area contributed by atoms with E-state index in [0.29, 0.717) is 5.75 Å². The molecule has 96 valence electrons. The molecule has 0 saturated carbocycles. The van der Waals surface area contributed by atoms with Crippen LogP contribution in [0.2, 0.25) is 0 Å².